The van der Waals surface area contributed by atoms with Gasteiger partial charge in [0, 0.05) is 24.9 Å². The molecule has 1 aliphatic heterocycles. The highest BCUT2D eigenvalue weighted by Gasteiger charge is 2.45. The quantitative estimate of drug-likeness (QED) is 0.915. The van der Waals surface area contributed by atoms with Crippen molar-refractivity contribution in [2.24, 2.45) is 12.5 Å². The van der Waals surface area contributed by atoms with Gasteiger partial charge in [-0.25, -0.2) is 0 Å². The van der Waals surface area contributed by atoms with Crippen LogP contribution in [0.5, 0.6) is 0 Å². The molecule has 0 bridgehead atoms. The third-order valence-corrected chi connectivity index (χ3v) is 5.51. The standard InChI is InChI=1S/C14H24N2OS/c1-5-11-8-12(16(4)15-11)9-14(17)10-18-7-6-13(14,2)3/h8,17H,5-7,9-10H2,1-4H3. The van der Waals surface area contributed by atoms with Crippen molar-refractivity contribution in [2.75, 3.05) is 11.5 Å². The summed E-state index contributed by atoms with van der Waals surface area (Å²) < 4.78 is 1.92. The van der Waals surface area contributed by atoms with Crippen molar-refractivity contribution >= 4 is 11.8 Å². The van der Waals surface area contributed by atoms with Crippen LogP contribution in [0.15, 0.2) is 6.07 Å². The van der Waals surface area contributed by atoms with E-state index in [-0.39, 0.29) is 5.41 Å². The van der Waals surface area contributed by atoms with Gasteiger partial charge < -0.3 is 5.11 Å². The Labute approximate surface area is 114 Å². The number of aromatic nitrogens is 2. The molecule has 3 nitrogen and oxygen atoms in total. The van der Waals surface area contributed by atoms with Crippen molar-refractivity contribution in [3.8, 4) is 0 Å². The van der Waals surface area contributed by atoms with Crippen LogP contribution in [0, 0.1) is 5.41 Å². The summed E-state index contributed by atoms with van der Waals surface area (Å²) in [6.07, 6.45) is 2.73. The number of aryl methyl sites for hydroxylation is 2. The van der Waals surface area contributed by atoms with Gasteiger partial charge in [-0.1, -0.05) is 20.8 Å². The summed E-state index contributed by atoms with van der Waals surface area (Å²) in [6.45, 7) is 6.48. The lowest BCUT2D eigenvalue weighted by atomic mass is 9.71. The van der Waals surface area contributed by atoms with Crippen LogP contribution in [-0.2, 0) is 19.9 Å². The van der Waals surface area contributed by atoms with Crippen LogP contribution in [0.3, 0.4) is 0 Å². The Kier molecular flexibility index (Phi) is 3.79. The molecular weight excluding hydrogens is 244 g/mol. The van der Waals surface area contributed by atoms with Crippen LogP contribution in [0.2, 0.25) is 0 Å². The maximum atomic E-state index is 11.0. The first kappa shape index (κ1) is 13.9. The predicted molar refractivity (Wildman–Crippen MR) is 77.0 cm³/mol. The summed E-state index contributed by atoms with van der Waals surface area (Å²) in [7, 11) is 1.97. The summed E-state index contributed by atoms with van der Waals surface area (Å²) in [5.74, 6) is 1.98. The van der Waals surface area contributed by atoms with Gasteiger partial charge in [-0.05, 0) is 30.1 Å². The smallest absolute Gasteiger partial charge is 0.0843 e. The molecule has 1 aromatic heterocycles. The molecular formula is C14H24N2OS. The van der Waals surface area contributed by atoms with Crippen molar-refractivity contribution < 1.29 is 5.11 Å². The average Bonchev–Trinajstić information content (AvgIpc) is 2.64. The lowest BCUT2D eigenvalue weighted by Gasteiger charge is -2.46. The van der Waals surface area contributed by atoms with Crippen molar-refractivity contribution in [2.45, 2.75) is 45.6 Å². The maximum Gasteiger partial charge on any atom is 0.0843 e. The zero-order chi connectivity index (χ0) is 13.4. The van der Waals surface area contributed by atoms with E-state index in [1.54, 1.807) is 0 Å². The molecule has 1 fully saturated rings. The van der Waals surface area contributed by atoms with Gasteiger partial charge in [-0.3, -0.25) is 4.68 Å². The number of hydrogen-bond donors (Lipinski definition) is 1. The van der Waals surface area contributed by atoms with E-state index >= 15 is 0 Å². The molecule has 1 atom stereocenters. The zero-order valence-corrected chi connectivity index (χ0v) is 12.7. The second-order valence-corrected chi connectivity index (χ2v) is 7.10. The Morgan fingerprint density at radius 2 is 2.22 bits per heavy atom. The molecule has 0 saturated carbocycles. The fraction of sp³-hybridized carbons (Fsp3) is 0.786. The first-order valence-corrected chi connectivity index (χ1v) is 7.85. The van der Waals surface area contributed by atoms with Gasteiger partial charge >= 0.3 is 0 Å². The van der Waals surface area contributed by atoms with Gasteiger partial charge in [0.05, 0.1) is 11.3 Å². The van der Waals surface area contributed by atoms with E-state index in [9.17, 15) is 5.11 Å². The van der Waals surface area contributed by atoms with Crippen molar-refractivity contribution in [3.05, 3.63) is 17.5 Å². The third-order valence-electron chi connectivity index (χ3n) is 4.34. The molecule has 0 aromatic carbocycles. The molecule has 2 heterocycles. The Morgan fingerprint density at radius 1 is 1.50 bits per heavy atom. The van der Waals surface area contributed by atoms with Crippen molar-refractivity contribution in [3.63, 3.8) is 0 Å². The van der Waals surface area contributed by atoms with Gasteiger partial charge in [0.1, 0.15) is 0 Å². The molecule has 0 spiro atoms. The van der Waals surface area contributed by atoms with E-state index in [4.69, 9.17) is 0 Å². The second-order valence-electron chi connectivity index (χ2n) is 6.00. The van der Waals surface area contributed by atoms with Crippen LogP contribution in [0.1, 0.15) is 38.6 Å². The minimum absolute atomic E-state index is 0.0190. The van der Waals surface area contributed by atoms with Crippen LogP contribution >= 0.6 is 11.8 Å². The van der Waals surface area contributed by atoms with E-state index in [1.165, 1.54) is 0 Å². The highest BCUT2D eigenvalue weighted by molar-refractivity contribution is 7.99. The Morgan fingerprint density at radius 3 is 2.78 bits per heavy atom. The summed E-state index contributed by atoms with van der Waals surface area (Å²) in [5.41, 5.74) is 1.62. The fourth-order valence-corrected chi connectivity index (χ4v) is 4.13. The van der Waals surface area contributed by atoms with E-state index in [2.05, 4.69) is 31.9 Å². The van der Waals surface area contributed by atoms with Crippen LogP contribution in [-0.4, -0.2) is 32.0 Å². The third kappa shape index (κ3) is 2.45. The molecule has 4 heteroatoms. The lowest BCUT2D eigenvalue weighted by Crippen LogP contribution is -2.51. The van der Waals surface area contributed by atoms with Crippen molar-refractivity contribution in [1.82, 2.24) is 9.78 Å². The minimum atomic E-state index is -0.616. The number of aliphatic hydroxyl groups is 1. The lowest BCUT2D eigenvalue weighted by molar-refractivity contribution is -0.0525. The van der Waals surface area contributed by atoms with Gasteiger partial charge in [-0.2, -0.15) is 16.9 Å². The van der Waals surface area contributed by atoms with Gasteiger partial charge in [0.25, 0.3) is 0 Å². The monoisotopic (exact) mass is 268 g/mol. The summed E-state index contributed by atoms with van der Waals surface area (Å²) in [6, 6.07) is 2.13. The van der Waals surface area contributed by atoms with E-state index < -0.39 is 5.60 Å². The Hall–Kier alpha value is -0.480. The average molecular weight is 268 g/mol. The predicted octanol–water partition coefficient (Wildman–Crippen LogP) is 2.42. The molecule has 18 heavy (non-hydrogen) atoms. The highest BCUT2D eigenvalue weighted by atomic mass is 32.2. The second kappa shape index (κ2) is 4.89. The normalized spacial score (nSPS) is 27.4. The Bertz CT molecular complexity index is 427. The molecule has 1 saturated heterocycles. The van der Waals surface area contributed by atoms with Crippen LogP contribution in [0.25, 0.3) is 0 Å². The Balaban J connectivity index is 2.23. The summed E-state index contributed by atoms with van der Waals surface area (Å²) in [4.78, 5) is 0. The first-order valence-electron chi connectivity index (χ1n) is 6.70. The van der Waals surface area contributed by atoms with Gasteiger partial charge in [0.2, 0.25) is 0 Å². The van der Waals surface area contributed by atoms with E-state index in [1.807, 2.05) is 23.5 Å². The van der Waals surface area contributed by atoms with Gasteiger partial charge in [0.15, 0.2) is 0 Å². The topological polar surface area (TPSA) is 38.0 Å². The molecule has 1 aliphatic rings. The number of rotatable bonds is 3. The largest absolute Gasteiger partial charge is 0.388 e. The van der Waals surface area contributed by atoms with Crippen LogP contribution in [0.4, 0.5) is 0 Å². The minimum Gasteiger partial charge on any atom is -0.388 e. The molecule has 0 amide bonds. The summed E-state index contributed by atoms with van der Waals surface area (Å²) in [5, 5.41) is 15.5. The molecule has 1 N–H and O–H groups in total. The molecule has 1 aromatic rings. The van der Waals surface area contributed by atoms with E-state index in [0.717, 1.165) is 35.7 Å². The molecule has 0 radical (unpaired) electrons. The zero-order valence-electron chi connectivity index (χ0n) is 11.9. The van der Waals surface area contributed by atoms with E-state index in [0.29, 0.717) is 6.42 Å². The first-order chi connectivity index (χ1) is 8.38. The maximum absolute atomic E-state index is 11.0. The SMILES string of the molecule is CCc1cc(CC2(O)CSCCC2(C)C)n(C)n1. The molecule has 102 valence electrons. The van der Waals surface area contributed by atoms with Crippen molar-refractivity contribution in [1.29, 1.82) is 0 Å². The summed E-state index contributed by atoms with van der Waals surface area (Å²) >= 11 is 1.86. The van der Waals surface area contributed by atoms with Gasteiger partial charge in [-0.15, -0.1) is 0 Å². The number of thioether (sulfide) groups is 1. The molecule has 0 aliphatic carbocycles. The van der Waals surface area contributed by atoms with Crippen LogP contribution < -0.4 is 0 Å². The molecule has 1 unspecified atom stereocenters. The fourth-order valence-electron chi connectivity index (χ4n) is 2.50. The number of nitrogens with zero attached hydrogens (tertiary/aromatic N) is 2. The highest BCUT2D eigenvalue weighted by Crippen LogP contribution is 2.44. The number of hydrogen-bond acceptors (Lipinski definition) is 3. The molecule has 2 rings (SSSR count).